The van der Waals surface area contributed by atoms with E-state index < -0.39 is 11.8 Å². The van der Waals surface area contributed by atoms with Gasteiger partial charge in [-0.05, 0) is 61.4 Å². The van der Waals surface area contributed by atoms with Crippen molar-refractivity contribution < 1.29 is 34.0 Å². The van der Waals surface area contributed by atoms with Gasteiger partial charge in [-0.25, -0.2) is 10.9 Å². The van der Waals surface area contributed by atoms with Crippen molar-refractivity contribution in [1.29, 1.82) is 0 Å². The van der Waals surface area contributed by atoms with Crippen LogP contribution < -0.4 is 20.3 Å². The van der Waals surface area contributed by atoms with Gasteiger partial charge < -0.3 is 24.4 Å². The predicted octanol–water partition coefficient (Wildman–Crippen LogP) is 1.51. The van der Waals surface area contributed by atoms with Crippen LogP contribution in [0.15, 0.2) is 46.6 Å². The van der Waals surface area contributed by atoms with E-state index in [0.29, 0.717) is 35.8 Å². The number of nitrogens with one attached hydrogen (secondary N) is 2. The van der Waals surface area contributed by atoms with Crippen molar-refractivity contribution in [3.63, 3.8) is 0 Å². The van der Waals surface area contributed by atoms with Crippen molar-refractivity contribution in [2.24, 2.45) is 10.2 Å². The number of phenolic OH excluding ortho intramolecular Hbond substituents is 2. The maximum absolute atomic E-state index is 11.7. The standard InChI is InChI=1S/C22H26N4O7/c1-3-32-19-9-15(5-7-17(19)27)11-23-25-21(29)13-31-14-22(30)26-24-12-16-6-8-18(28)20(10-16)33-4-2/h5-12,27-28H,3-4,13-14H2,1-2H3,(H,25,29)(H,26,30). The molecular formula is C22H26N4O7. The zero-order valence-electron chi connectivity index (χ0n) is 18.3. The molecule has 2 aromatic rings. The number of amides is 2. The molecule has 0 aliphatic rings. The SMILES string of the molecule is CCOc1cc(C=NNC(=O)COCC(=O)NN=Cc2ccc(O)c(OCC)c2)ccc1O. The highest BCUT2D eigenvalue weighted by Gasteiger charge is 2.06. The minimum atomic E-state index is -0.557. The summed E-state index contributed by atoms with van der Waals surface area (Å²) >= 11 is 0. The van der Waals surface area contributed by atoms with E-state index in [2.05, 4.69) is 21.1 Å². The highest BCUT2D eigenvalue weighted by molar-refractivity contribution is 5.85. The molecule has 2 aromatic carbocycles. The van der Waals surface area contributed by atoms with Crippen molar-refractivity contribution >= 4 is 24.2 Å². The van der Waals surface area contributed by atoms with Gasteiger partial charge in [-0.3, -0.25) is 9.59 Å². The third-order valence-corrected chi connectivity index (χ3v) is 3.84. The van der Waals surface area contributed by atoms with E-state index in [9.17, 15) is 19.8 Å². The average Bonchev–Trinajstić information content (AvgIpc) is 2.78. The molecule has 0 spiro atoms. The Hall–Kier alpha value is -4.12. The van der Waals surface area contributed by atoms with E-state index in [1.54, 1.807) is 38.1 Å². The zero-order valence-corrected chi connectivity index (χ0v) is 18.3. The van der Waals surface area contributed by atoms with Crippen LogP contribution in [0.2, 0.25) is 0 Å². The number of rotatable bonds is 12. The second kappa shape index (κ2) is 13.3. The summed E-state index contributed by atoms with van der Waals surface area (Å²) in [6, 6.07) is 9.27. The fraction of sp³-hybridized carbons (Fsp3) is 0.273. The molecule has 176 valence electrons. The molecule has 0 fully saturated rings. The van der Waals surface area contributed by atoms with Crippen LogP contribution >= 0.6 is 0 Å². The van der Waals surface area contributed by atoms with E-state index in [0.717, 1.165) is 0 Å². The summed E-state index contributed by atoms with van der Waals surface area (Å²) in [5.41, 5.74) is 5.74. The monoisotopic (exact) mass is 458 g/mol. The summed E-state index contributed by atoms with van der Waals surface area (Å²) in [6.45, 7) is 3.61. The molecule has 0 heterocycles. The Morgan fingerprint density at radius 2 is 1.24 bits per heavy atom. The smallest absolute Gasteiger partial charge is 0.266 e. The van der Waals surface area contributed by atoms with Crippen LogP contribution in [0, 0.1) is 0 Å². The average molecular weight is 458 g/mol. The Morgan fingerprint density at radius 1 is 0.818 bits per heavy atom. The molecule has 0 saturated heterocycles. The quantitative estimate of drug-likeness (QED) is 0.278. The first kappa shape index (κ1) is 25.1. The molecule has 0 aromatic heterocycles. The van der Waals surface area contributed by atoms with Crippen LogP contribution in [-0.4, -0.2) is 60.9 Å². The second-order valence-electron chi connectivity index (χ2n) is 6.40. The summed E-state index contributed by atoms with van der Waals surface area (Å²) in [5.74, 6) is -0.479. The summed E-state index contributed by atoms with van der Waals surface area (Å²) in [6.07, 6.45) is 2.75. The molecule has 11 heteroatoms. The van der Waals surface area contributed by atoms with Gasteiger partial charge in [-0.15, -0.1) is 0 Å². The van der Waals surface area contributed by atoms with Gasteiger partial charge in [0.25, 0.3) is 11.8 Å². The molecule has 0 bridgehead atoms. The fourth-order valence-corrected chi connectivity index (χ4v) is 2.42. The topological polar surface area (TPSA) is 151 Å². The zero-order chi connectivity index (χ0) is 24.1. The summed E-state index contributed by atoms with van der Waals surface area (Å²) in [5, 5.41) is 26.9. The number of hydrogen-bond acceptors (Lipinski definition) is 9. The van der Waals surface area contributed by atoms with E-state index in [-0.39, 0.29) is 24.7 Å². The first-order valence-electron chi connectivity index (χ1n) is 10.1. The van der Waals surface area contributed by atoms with Gasteiger partial charge in [0.05, 0.1) is 25.6 Å². The van der Waals surface area contributed by atoms with Crippen LogP contribution in [0.4, 0.5) is 0 Å². The summed E-state index contributed by atoms with van der Waals surface area (Å²) in [4.78, 5) is 23.5. The minimum Gasteiger partial charge on any atom is -0.504 e. The highest BCUT2D eigenvalue weighted by atomic mass is 16.5. The lowest BCUT2D eigenvalue weighted by Crippen LogP contribution is -2.28. The van der Waals surface area contributed by atoms with Gasteiger partial charge in [-0.1, -0.05) is 0 Å². The van der Waals surface area contributed by atoms with Crippen molar-refractivity contribution in [2.75, 3.05) is 26.4 Å². The fourth-order valence-electron chi connectivity index (χ4n) is 2.42. The van der Waals surface area contributed by atoms with Gasteiger partial charge in [0.1, 0.15) is 13.2 Å². The number of carbonyl (C=O) groups is 2. The summed E-state index contributed by atoms with van der Waals surface area (Å²) < 4.78 is 15.6. The Balaban J connectivity index is 1.70. The largest absolute Gasteiger partial charge is 0.504 e. The van der Waals surface area contributed by atoms with Crippen LogP contribution in [0.25, 0.3) is 0 Å². The third kappa shape index (κ3) is 8.87. The van der Waals surface area contributed by atoms with Gasteiger partial charge in [0.2, 0.25) is 0 Å². The number of carbonyl (C=O) groups excluding carboxylic acids is 2. The first-order chi connectivity index (χ1) is 15.9. The van der Waals surface area contributed by atoms with E-state index in [1.807, 2.05) is 0 Å². The van der Waals surface area contributed by atoms with Crippen LogP contribution in [0.5, 0.6) is 23.0 Å². The van der Waals surface area contributed by atoms with Crippen molar-refractivity contribution in [1.82, 2.24) is 10.9 Å². The molecule has 33 heavy (non-hydrogen) atoms. The number of nitrogens with zero attached hydrogens (tertiary/aromatic N) is 2. The van der Waals surface area contributed by atoms with Crippen molar-refractivity contribution in [3.8, 4) is 23.0 Å². The third-order valence-electron chi connectivity index (χ3n) is 3.84. The number of aromatic hydroxyl groups is 2. The lowest BCUT2D eigenvalue weighted by Gasteiger charge is -2.06. The summed E-state index contributed by atoms with van der Waals surface area (Å²) in [7, 11) is 0. The molecular weight excluding hydrogens is 432 g/mol. The van der Waals surface area contributed by atoms with E-state index in [1.165, 1.54) is 24.6 Å². The molecule has 2 amide bonds. The Bertz CT molecular complexity index is 929. The van der Waals surface area contributed by atoms with Crippen molar-refractivity contribution in [3.05, 3.63) is 47.5 Å². The molecule has 11 nitrogen and oxygen atoms in total. The van der Waals surface area contributed by atoms with E-state index >= 15 is 0 Å². The van der Waals surface area contributed by atoms with Gasteiger partial charge in [-0.2, -0.15) is 10.2 Å². The maximum Gasteiger partial charge on any atom is 0.266 e. The molecule has 0 unspecified atom stereocenters. The molecule has 0 aliphatic carbocycles. The van der Waals surface area contributed by atoms with Crippen molar-refractivity contribution in [2.45, 2.75) is 13.8 Å². The second-order valence-corrected chi connectivity index (χ2v) is 6.40. The van der Waals surface area contributed by atoms with Gasteiger partial charge >= 0.3 is 0 Å². The molecule has 4 N–H and O–H groups in total. The van der Waals surface area contributed by atoms with Gasteiger partial charge in [0, 0.05) is 0 Å². The number of hydrazone groups is 2. The highest BCUT2D eigenvalue weighted by Crippen LogP contribution is 2.26. The predicted molar refractivity (Wildman–Crippen MR) is 121 cm³/mol. The first-order valence-corrected chi connectivity index (χ1v) is 10.1. The Morgan fingerprint density at radius 3 is 1.64 bits per heavy atom. The normalized spacial score (nSPS) is 11.0. The van der Waals surface area contributed by atoms with Crippen LogP contribution in [0.1, 0.15) is 25.0 Å². The van der Waals surface area contributed by atoms with Crippen LogP contribution in [0.3, 0.4) is 0 Å². The lowest BCUT2D eigenvalue weighted by molar-refractivity contribution is -0.130. The Labute approximate surface area is 190 Å². The maximum atomic E-state index is 11.7. The number of ether oxygens (including phenoxy) is 3. The Kier molecular flexibility index (Phi) is 10.2. The molecule has 0 aliphatic heterocycles. The molecule has 0 atom stereocenters. The number of hydrogen-bond donors (Lipinski definition) is 4. The molecule has 0 radical (unpaired) electrons. The molecule has 2 rings (SSSR count). The van der Waals surface area contributed by atoms with E-state index in [4.69, 9.17) is 14.2 Å². The molecule has 0 saturated carbocycles. The van der Waals surface area contributed by atoms with Gasteiger partial charge in [0.15, 0.2) is 23.0 Å². The lowest BCUT2D eigenvalue weighted by atomic mass is 10.2. The van der Waals surface area contributed by atoms with Crippen LogP contribution in [-0.2, 0) is 14.3 Å². The number of benzene rings is 2. The number of phenols is 2. The minimum absolute atomic E-state index is 0.00683.